The summed E-state index contributed by atoms with van der Waals surface area (Å²) in [5, 5.41) is 11.2. The molecule has 78 valence electrons. The number of hydrogen-bond acceptors (Lipinski definition) is 3. The zero-order chi connectivity index (χ0) is 11.1. The second-order valence-corrected chi connectivity index (χ2v) is 2.69. The standard InChI is InChI=1S/C11H11NO3/c1-15-10-5-2-4-9(8-10)12-7-3-6-11(13)14/h2,4-5,8,12H,7H2,1H3,(H,13,14). The van der Waals surface area contributed by atoms with Crippen LogP contribution < -0.4 is 10.1 Å². The highest BCUT2D eigenvalue weighted by molar-refractivity contribution is 5.86. The predicted molar refractivity (Wildman–Crippen MR) is 56.9 cm³/mol. The van der Waals surface area contributed by atoms with Crippen molar-refractivity contribution < 1.29 is 14.6 Å². The first-order chi connectivity index (χ1) is 7.22. The molecule has 0 aromatic heterocycles. The molecule has 0 spiro atoms. The van der Waals surface area contributed by atoms with Crippen LogP contribution in [0.25, 0.3) is 0 Å². The van der Waals surface area contributed by atoms with Crippen molar-refractivity contribution >= 4 is 11.7 Å². The van der Waals surface area contributed by atoms with Crippen molar-refractivity contribution in [3.8, 4) is 17.6 Å². The fourth-order valence-electron chi connectivity index (χ4n) is 0.999. The Hall–Kier alpha value is -2.15. The highest BCUT2D eigenvalue weighted by Gasteiger charge is 1.92. The highest BCUT2D eigenvalue weighted by atomic mass is 16.5. The second-order valence-electron chi connectivity index (χ2n) is 2.69. The van der Waals surface area contributed by atoms with Crippen molar-refractivity contribution in [2.24, 2.45) is 0 Å². The molecule has 0 saturated heterocycles. The Morgan fingerprint density at radius 2 is 2.40 bits per heavy atom. The first kappa shape index (κ1) is 10.9. The molecule has 0 amide bonds. The van der Waals surface area contributed by atoms with Crippen molar-refractivity contribution in [2.45, 2.75) is 0 Å². The molecule has 4 nitrogen and oxygen atoms in total. The van der Waals surface area contributed by atoms with Gasteiger partial charge in [-0.2, -0.15) is 0 Å². The molecular weight excluding hydrogens is 194 g/mol. The van der Waals surface area contributed by atoms with Crippen molar-refractivity contribution in [2.75, 3.05) is 19.0 Å². The van der Waals surface area contributed by atoms with Crippen molar-refractivity contribution in [1.82, 2.24) is 0 Å². The minimum absolute atomic E-state index is 0.291. The molecule has 0 saturated carbocycles. The monoisotopic (exact) mass is 205 g/mol. The van der Waals surface area contributed by atoms with E-state index in [0.717, 1.165) is 11.4 Å². The summed E-state index contributed by atoms with van der Waals surface area (Å²) in [5.74, 6) is 4.11. The summed E-state index contributed by atoms with van der Waals surface area (Å²) in [6.45, 7) is 0.291. The number of benzene rings is 1. The van der Waals surface area contributed by atoms with Gasteiger partial charge in [0, 0.05) is 17.7 Å². The molecule has 2 N–H and O–H groups in total. The van der Waals surface area contributed by atoms with Crippen molar-refractivity contribution in [3.05, 3.63) is 24.3 Å². The zero-order valence-electron chi connectivity index (χ0n) is 8.28. The Balaban J connectivity index is 2.51. The van der Waals surface area contributed by atoms with Crippen molar-refractivity contribution in [1.29, 1.82) is 0 Å². The molecule has 0 bridgehead atoms. The number of carbonyl (C=O) groups is 1. The number of methoxy groups -OCH3 is 1. The molecule has 0 atom stereocenters. The van der Waals surface area contributed by atoms with Crippen LogP contribution in [-0.2, 0) is 4.79 Å². The minimum Gasteiger partial charge on any atom is -0.497 e. The van der Waals surface area contributed by atoms with E-state index in [9.17, 15) is 4.79 Å². The third-order valence-electron chi connectivity index (χ3n) is 1.65. The van der Waals surface area contributed by atoms with Gasteiger partial charge in [-0.15, -0.1) is 0 Å². The second kappa shape index (κ2) is 5.55. The molecule has 1 aromatic carbocycles. The van der Waals surface area contributed by atoms with E-state index in [4.69, 9.17) is 9.84 Å². The Kier molecular flexibility index (Phi) is 4.05. The van der Waals surface area contributed by atoms with Crippen LogP contribution >= 0.6 is 0 Å². The fourth-order valence-corrected chi connectivity index (χ4v) is 0.999. The maximum Gasteiger partial charge on any atom is 0.381 e. The summed E-state index contributed by atoms with van der Waals surface area (Å²) in [7, 11) is 1.59. The van der Waals surface area contributed by atoms with Gasteiger partial charge in [0.2, 0.25) is 0 Å². The lowest BCUT2D eigenvalue weighted by Crippen LogP contribution is -1.99. The molecule has 1 aromatic rings. The van der Waals surface area contributed by atoms with Gasteiger partial charge < -0.3 is 15.2 Å². The largest absolute Gasteiger partial charge is 0.497 e. The van der Waals surface area contributed by atoms with Gasteiger partial charge in [-0.3, -0.25) is 0 Å². The van der Waals surface area contributed by atoms with Gasteiger partial charge in [-0.05, 0) is 12.1 Å². The van der Waals surface area contributed by atoms with Crippen LogP contribution in [0.2, 0.25) is 0 Å². The smallest absolute Gasteiger partial charge is 0.381 e. The fraction of sp³-hybridized carbons (Fsp3) is 0.182. The third kappa shape index (κ3) is 4.05. The summed E-state index contributed by atoms with van der Waals surface area (Å²) in [4.78, 5) is 10.1. The Bertz CT molecular complexity index is 404. The van der Waals surface area contributed by atoms with E-state index in [2.05, 4.69) is 11.2 Å². The Morgan fingerprint density at radius 3 is 3.07 bits per heavy atom. The summed E-state index contributed by atoms with van der Waals surface area (Å²) in [5.41, 5.74) is 0.842. The normalized spacial score (nSPS) is 8.60. The predicted octanol–water partition coefficient (Wildman–Crippen LogP) is 1.20. The van der Waals surface area contributed by atoms with Gasteiger partial charge in [0.05, 0.1) is 13.7 Å². The quantitative estimate of drug-likeness (QED) is 0.728. The average molecular weight is 205 g/mol. The van der Waals surface area contributed by atoms with Crippen molar-refractivity contribution in [3.63, 3.8) is 0 Å². The maximum atomic E-state index is 10.1. The van der Waals surface area contributed by atoms with Gasteiger partial charge in [0.1, 0.15) is 5.75 Å². The van der Waals surface area contributed by atoms with E-state index in [1.807, 2.05) is 30.2 Å². The number of nitrogens with one attached hydrogen (secondary N) is 1. The van der Waals surface area contributed by atoms with Crippen LogP contribution in [-0.4, -0.2) is 24.7 Å². The van der Waals surface area contributed by atoms with Crippen LogP contribution in [0.1, 0.15) is 0 Å². The molecule has 15 heavy (non-hydrogen) atoms. The molecule has 0 aliphatic heterocycles. The van der Waals surface area contributed by atoms with E-state index >= 15 is 0 Å². The lowest BCUT2D eigenvalue weighted by atomic mass is 10.3. The van der Waals surface area contributed by atoms with E-state index in [-0.39, 0.29) is 0 Å². The van der Waals surface area contributed by atoms with E-state index in [1.165, 1.54) is 0 Å². The molecule has 0 heterocycles. The van der Waals surface area contributed by atoms with Gasteiger partial charge in [-0.25, -0.2) is 4.79 Å². The minimum atomic E-state index is -1.12. The number of carboxylic acids is 1. The van der Waals surface area contributed by atoms with Crippen LogP contribution in [0, 0.1) is 11.8 Å². The molecule has 0 aliphatic rings. The highest BCUT2D eigenvalue weighted by Crippen LogP contribution is 2.15. The maximum absolute atomic E-state index is 10.1. The number of ether oxygens (including phenoxy) is 1. The van der Waals surface area contributed by atoms with Crippen LogP contribution in [0.4, 0.5) is 5.69 Å². The summed E-state index contributed by atoms with van der Waals surface area (Å²) in [6, 6.07) is 7.33. The SMILES string of the molecule is COc1cccc(NCC#CC(=O)O)c1. The third-order valence-corrected chi connectivity index (χ3v) is 1.65. The number of rotatable bonds is 3. The topological polar surface area (TPSA) is 58.6 Å². The first-order valence-electron chi connectivity index (χ1n) is 4.32. The lowest BCUT2D eigenvalue weighted by molar-refractivity contribution is -0.130. The van der Waals surface area contributed by atoms with E-state index in [1.54, 1.807) is 7.11 Å². The summed E-state index contributed by atoms with van der Waals surface area (Å²) < 4.78 is 5.03. The summed E-state index contributed by atoms with van der Waals surface area (Å²) in [6.07, 6.45) is 0. The molecule has 1 rings (SSSR count). The molecular formula is C11H11NO3. The van der Waals surface area contributed by atoms with Gasteiger partial charge in [-0.1, -0.05) is 12.0 Å². The molecule has 0 radical (unpaired) electrons. The van der Waals surface area contributed by atoms with Gasteiger partial charge in [0.25, 0.3) is 0 Å². The molecule has 0 aliphatic carbocycles. The van der Waals surface area contributed by atoms with Crippen LogP contribution in [0.5, 0.6) is 5.75 Å². The first-order valence-corrected chi connectivity index (χ1v) is 4.32. The molecule has 0 unspecified atom stereocenters. The van der Waals surface area contributed by atoms with E-state index in [0.29, 0.717) is 6.54 Å². The number of carboxylic acid groups (broad SMARTS) is 1. The van der Waals surface area contributed by atoms with Gasteiger partial charge in [0.15, 0.2) is 0 Å². The number of anilines is 1. The Labute approximate surface area is 87.9 Å². The summed E-state index contributed by atoms with van der Waals surface area (Å²) >= 11 is 0. The Morgan fingerprint density at radius 1 is 1.60 bits per heavy atom. The average Bonchev–Trinajstić information content (AvgIpc) is 2.24. The van der Waals surface area contributed by atoms with Crippen LogP contribution in [0.3, 0.4) is 0 Å². The van der Waals surface area contributed by atoms with Crippen LogP contribution in [0.15, 0.2) is 24.3 Å². The van der Waals surface area contributed by atoms with E-state index < -0.39 is 5.97 Å². The zero-order valence-corrected chi connectivity index (χ0v) is 8.28. The molecule has 0 fully saturated rings. The lowest BCUT2D eigenvalue weighted by Gasteiger charge is -2.04. The number of aliphatic carboxylic acids is 1. The van der Waals surface area contributed by atoms with Gasteiger partial charge >= 0.3 is 5.97 Å². The molecule has 4 heteroatoms. The number of hydrogen-bond donors (Lipinski definition) is 2.